The van der Waals surface area contributed by atoms with Gasteiger partial charge in [0.25, 0.3) is 0 Å². The zero-order valence-corrected chi connectivity index (χ0v) is 16.7. The van der Waals surface area contributed by atoms with Gasteiger partial charge in [-0.25, -0.2) is 0 Å². The molecule has 0 fully saturated rings. The van der Waals surface area contributed by atoms with E-state index in [0.29, 0.717) is 6.42 Å². The van der Waals surface area contributed by atoms with Gasteiger partial charge in [-0.1, -0.05) is 63.7 Å². The molecule has 1 unspecified atom stereocenters. The fourth-order valence-electron chi connectivity index (χ4n) is 2.36. The van der Waals surface area contributed by atoms with E-state index in [9.17, 15) is 9.90 Å². The van der Waals surface area contributed by atoms with Crippen molar-refractivity contribution in [2.45, 2.75) is 89.7 Å². The van der Waals surface area contributed by atoms with Crippen molar-refractivity contribution in [3.63, 3.8) is 0 Å². The lowest BCUT2D eigenvalue weighted by atomic mass is 10.1. The summed E-state index contributed by atoms with van der Waals surface area (Å²) in [5.74, 6) is 0.168. The van der Waals surface area contributed by atoms with Crippen molar-refractivity contribution in [3.05, 3.63) is 24.3 Å². The molecular weight excluding hydrogens is 288 g/mol. The van der Waals surface area contributed by atoms with Gasteiger partial charge in [-0.3, -0.25) is 4.79 Å². The minimum absolute atomic E-state index is 0.168. The van der Waals surface area contributed by atoms with Crippen LogP contribution in [0.4, 0.5) is 0 Å². The van der Waals surface area contributed by atoms with Crippen LogP contribution in [0.5, 0.6) is 0 Å². The lowest BCUT2D eigenvalue weighted by molar-refractivity contribution is -0.114. The molecule has 0 aromatic heterocycles. The van der Waals surface area contributed by atoms with Gasteiger partial charge in [0.15, 0.2) is 5.78 Å². The molecule has 0 saturated heterocycles. The Morgan fingerprint density at radius 1 is 1.05 bits per heavy atom. The molecule has 0 radical (unpaired) electrons. The fourth-order valence-corrected chi connectivity index (χ4v) is 2.76. The molecule has 0 heterocycles. The minimum atomic E-state index is -0.190. The molecule has 0 amide bonds. The van der Waals surface area contributed by atoms with Crippen molar-refractivity contribution in [2.75, 3.05) is 0 Å². The summed E-state index contributed by atoms with van der Waals surface area (Å²) < 4.78 is 0. The molecule has 3 heteroatoms. The van der Waals surface area contributed by atoms with Crippen LogP contribution >= 0.6 is 0 Å². The van der Waals surface area contributed by atoms with Crippen LogP contribution in [0.3, 0.4) is 0 Å². The molecule has 0 rings (SSSR count). The number of hydrogen-bond acceptors (Lipinski definition) is 2. The third kappa shape index (κ3) is 15.7. The third-order valence-corrected chi connectivity index (χ3v) is 4.88. The molecular formula is C19H36O2Si. The highest BCUT2D eigenvalue weighted by Gasteiger charge is 2.02. The highest BCUT2D eigenvalue weighted by Crippen LogP contribution is 2.08. The maximum atomic E-state index is 11.6. The Bertz CT molecular complexity index is 311. The maximum absolute atomic E-state index is 11.6. The second-order valence-corrected chi connectivity index (χ2v) is 6.93. The molecule has 0 aromatic carbocycles. The van der Waals surface area contributed by atoms with Crippen LogP contribution in [0.2, 0.25) is 6.04 Å². The van der Waals surface area contributed by atoms with E-state index in [0.717, 1.165) is 35.5 Å². The van der Waals surface area contributed by atoms with Gasteiger partial charge in [0.05, 0.1) is 6.10 Å². The van der Waals surface area contributed by atoms with Gasteiger partial charge in [0, 0.05) is 16.7 Å². The number of ketones is 1. The fraction of sp³-hybridized carbons (Fsp3) is 0.737. The van der Waals surface area contributed by atoms with Crippen LogP contribution in [-0.2, 0) is 4.79 Å². The largest absolute Gasteiger partial charge is 0.393 e. The molecule has 0 aliphatic carbocycles. The molecule has 0 bridgehead atoms. The van der Waals surface area contributed by atoms with E-state index >= 15 is 0 Å². The topological polar surface area (TPSA) is 37.3 Å². The number of hydrogen-bond donors (Lipinski definition) is 1. The Balaban J connectivity index is 3.45. The van der Waals surface area contributed by atoms with Crippen LogP contribution in [0.25, 0.3) is 0 Å². The number of carbonyl (C=O) groups is 1. The molecule has 0 aliphatic heterocycles. The molecule has 128 valence electrons. The quantitative estimate of drug-likeness (QED) is 0.213. The predicted molar refractivity (Wildman–Crippen MR) is 101 cm³/mol. The summed E-state index contributed by atoms with van der Waals surface area (Å²) >= 11 is 0. The van der Waals surface area contributed by atoms with Gasteiger partial charge in [-0.2, -0.15) is 0 Å². The van der Waals surface area contributed by atoms with Crippen molar-refractivity contribution < 1.29 is 9.90 Å². The summed E-state index contributed by atoms with van der Waals surface area (Å²) in [5, 5.41) is 9.44. The summed E-state index contributed by atoms with van der Waals surface area (Å²) in [7, 11) is 1.03. The number of rotatable bonds is 15. The van der Waals surface area contributed by atoms with Crippen LogP contribution in [0.15, 0.2) is 24.3 Å². The predicted octanol–water partition coefficient (Wildman–Crippen LogP) is 4.12. The lowest BCUT2D eigenvalue weighted by Gasteiger charge is -2.04. The number of aliphatic hydroxyl groups excluding tert-OH is 1. The SMILES string of the molecule is CCCCCCCCC/C=C/C=C/C(=O)CCCC(O)C[SiH3]. The van der Waals surface area contributed by atoms with E-state index in [1.165, 1.54) is 44.9 Å². The van der Waals surface area contributed by atoms with E-state index in [-0.39, 0.29) is 11.9 Å². The molecule has 22 heavy (non-hydrogen) atoms. The first-order valence-electron chi connectivity index (χ1n) is 9.24. The Morgan fingerprint density at radius 2 is 1.73 bits per heavy atom. The number of unbranched alkanes of at least 4 members (excludes halogenated alkanes) is 7. The van der Waals surface area contributed by atoms with Crippen LogP contribution < -0.4 is 0 Å². The van der Waals surface area contributed by atoms with Gasteiger partial charge in [0.1, 0.15) is 0 Å². The lowest BCUT2D eigenvalue weighted by Crippen LogP contribution is -2.05. The zero-order chi connectivity index (χ0) is 16.5. The van der Waals surface area contributed by atoms with Crippen LogP contribution in [0.1, 0.15) is 77.6 Å². The summed E-state index contributed by atoms with van der Waals surface area (Å²) in [6, 6.07) is 0.908. The second kappa shape index (κ2) is 16.7. The Morgan fingerprint density at radius 3 is 2.41 bits per heavy atom. The molecule has 1 N–H and O–H groups in total. The first kappa shape index (κ1) is 21.3. The van der Waals surface area contributed by atoms with Crippen molar-refractivity contribution in [1.82, 2.24) is 0 Å². The van der Waals surface area contributed by atoms with E-state index < -0.39 is 0 Å². The average Bonchev–Trinajstić information content (AvgIpc) is 2.52. The summed E-state index contributed by atoms with van der Waals surface area (Å²) in [6.45, 7) is 2.25. The van der Waals surface area contributed by atoms with Gasteiger partial charge in [-0.05, 0) is 37.8 Å². The maximum Gasteiger partial charge on any atom is 0.155 e. The first-order valence-corrected chi connectivity index (χ1v) is 10.7. The van der Waals surface area contributed by atoms with Crippen LogP contribution in [0, 0.1) is 0 Å². The van der Waals surface area contributed by atoms with Gasteiger partial charge < -0.3 is 5.11 Å². The molecule has 1 atom stereocenters. The molecule has 0 spiro atoms. The first-order chi connectivity index (χ1) is 10.7. The standard InChI is InChI=1S/C19H36O2Si/c1-2-3-4-5-6-7-8-9-10-11-12-14-18(20)15-13-16-19(21)17-22/h10-12,14,19,21H,2-9,13,15-17H2,1,22H3/b11-10+,14-12+. The average molecular weight is 325 g/mol. The van der Waals surface area contributed by atoms with E-state index in [2.05, 4.69) is 13.0 Å². The van der Waals surface area contributed by atoms with E-state index in [4.69, 9.17) is 0 Å². The van der Waals surface area contributed by atoms with Crippen molar-refractivity contribution in [1.29, 1.82) is 0 Å². The Kier molecular flexibility index (Phi) is 16.2. The number of carbonyl (C=O) groups excluding carboxylic acids is 1. The van der Waals surface area contributed by atoms with Gasteiger partial charge in [0.2, 0.25) is 0 Å². The minimum Gasteiger partial charge on any atom is -0.393 e. The zero-order valence-electron chi connectivity index (χ0n) is 14.7. The highest BCUT2D eigenvalue weighted by atomic mass is 28.1. The molecule has 0 saturated carbocycles. The summed E-state index contributed by atoms with van der Waals surface area (Å²) in [5.41, 5.74) is 0. The molecule has 2 nitrogen and oxygen atoms in total. The number of allylic oxidation sites excluding steroid dienone is 4. The molecule has 0 aromatic rings. The normalized spacial score (nSPS) is 13.4. The Hall–Kier alpha value is -0.673. The number of aliphatic hydroxyl groups is 1. The Labute approximate surface area is 140 Å². The second-order valence-electron chi connectivity index (χ2n) is 6.12. The van der Waals surface area contributed by atoms with E-state index in [1.807, 2.05) is 12.2 Å². The van der Waals surface area contributed by atoms with Crippen molar-refractivity contribution in [3.8, 4) is 0 Å². The summed E-state index contributed by atoms with van der Waals surface area (Å²) in [4.78, 5) is 11.6. The van der Waals surface area contributed by atoms with Gasteiger partial charge in [-0.15, -0.1) is 0 Å². The molecule has 0 aliphatic rings. The van der Waals surface area contributed by atoms with Crippen LogP contribution in [-0.4, -0.2) is 27.2 Å². The van der Waals surface area contributed by atoms with Crippen molar-refractivity contribution >= 4 is 16.0 Å². The van der Waals surface area contributed by atoms with Crippen molar-refractivity contribution in [2.24, 2.45) is 0 Å². The summed E-state index contributed by atoms with van der Waals surface area (Å²) in [6.07, 6.45) is 20.1. The third-order valence-electron chi connectivity index (χ3n) is 3.94. The smallest absolute Gasteiger partial charge is 0.155 e. The highest BCUT2D eigenvalue weighted by molar-refractivity contribution is 6.08. The monoisotopic (exact) mass is 324 g/mol. The van der Waals surface area contributed by atoms with E-state index in [1.54, 1.807) is 6.08 Å². The van der Waals surface area contributed by atoms with Gasteiger partial charge >= 0.3 is 0 Å².